The number of rotatable bonds is 11. The van der Waals surface area contributed by atoms with E-state index < -0.39 is 28.7 Å². The van der Waals surface area contributed by atoms with Crippen molar-refractivity contribution in [1.82, 2.24) is 14.5 Å². The van der Waals surface area contributed by atoms with Crippen molar-refractivity contribution in [2.24, 2.45) is 0 Å². The molecule has 9 heteroatoms. The fourth-order valence-corrected chi connectivity index (χ4v) is 4.47. The van der Waals surface area contributed by atoms with E-state index in [9.17, 15) is 18.0 Å². The highest BCUT2D eigenvalue weighted by molar-refractivity contribution is 7.90. The second kappa shape index (κ2) is 11.8. The predicted octanol–water partition coefficient (Wildman–Crippen LogP) is 2.55. The van der Waals surface area contributed by atoms with Crippen molar-refractivity contribution in [2.75, 3.05) is 31.5 Å². The summed E-state index contributed by atoms with van der Waals surface area (Å²) in [5.74, 6) is -0.717. The summed E-state index contributed by atoms with van der Waals surface area (Å²) in [7, 11) is -1.10. The van der Waals surface area contributed by atoms with Crippen LogP contribution in [0.3, 0.4) is 0 Å². The molecule has 8 nitrogen and oxygen atoms in total. The van der Waals surface area contributed by atoms with E-state index in [2.05, 4.69) is 5.32 Å². The average molecular weight is 475 g/mol. The molecule has 0 saturated heterocycles. The molecule has 2 amide bonds. The highest BCUT2D eigenvalue weighted by Crippen LogP contribution is 2.21. The number of nitrogens with one attached hydrogen (secondary N) is 1. The highest BCUT2D eigenvalue weighted by atomic mass is 32.2. The molecular weight excluding hydrogens is 440 g/mol. The molecule has 33 heavy (non-hydrogen) atoms. The van der Waals surface area contributed by atoms with Gasteiger partial charge in [0.2, 0.25) is 11.8 Å². The Bertz CT molecular complexity index is 1020. The monoisotopic (exact) mass is 474 g/mol. The van der Waals surface area contributed by atoms with E-state index in [1.165, 1.54) is 19.0 Å². The van der Waals surface area contributed by atoms with Gasteiger partial charge in [-0.25, -0.2) is 4.31 Å². The standard InChI is InChI=1S/C24H34N4O4S/c1-6-22(24(30)25-7-2)27(17-20-15-13-19(3)14-16-20)23(29)18-28(33(31,32)26(4)5)21-11-9-8-10-12-21/h8-16,22H,6-7,17-18H2,1-5H3,(H,25,30). The van der Waals surface area contributed by atoms with Crippen molar-refractivity contribution in [3.63, 3.8) is 0 Å². The van der Waals surface area contributed by atoms with Gasteiger partial charge in [0, 0.05) is 27.2 Å². The van der Waals surface area contributed by atoms with Gasteiger partial charge in [0.05, 0.1) is 5.69 Å². The van der Waals surface area contributed by atoms with Crippen molar-refractivity contribution < 1.29 is 18.0 Å². The maximum absolute atomic E-state index is 13.6. The summed E-state index contributed by atoms with van der Waals surface area (Å²) in [5.41, 5.74) is 2.32. The Morgan fingerprint density at radius 2 is 1.58 bits per heavy atom. The Morgan fingerprint density at radius 1 is 0.970 bits per heavy atom. The number of likely N-dealkylation sites (N-methyl/N-ethyl adjacent to an activating group) is 1. The number of hydrogen-bond acceptors (Lipinski definition) is 4. The third-order valence-corrected chi connectivity index (χ3v) is 7.09. The number of anilines is 1. The molecule has 2 aromatic rings. The minimum atomic E-state index is -3.94. The van der Waals surface area contributed by atoms with E-state index in [0.29, 0.717) is 18.7 Å². The molecule has 0 saturated carbocycles. The van der Waals surface area contributed by atoms with Crippen LogP contribution in [0.25, 0.3) is 0 Å². The maximum Gasteiger partial charge on any atom is 0.304 e. The largest absolute Gasteiger partial charge is 0.355 e. The van der Waals surface area contributed by atoms with Crippen molar-refractivity contribution in [3.05, 3.63) is 65.7 Å². The molecule has 1 unspecified atom stereocenters. The fourth-order valence-electron chi connectivity index (χ4n) is 3.41. The summed E-state index contributed by atoms with van der Waals surface area (Å²) in [6, 6.07) is 15.5. The van der Waals surface area contributed by atoms with Crippen LogP contribution in [-0.4, -0.2) is 62.7 Å². The minimum absolute atomic E-state index is 0.194. The first-order chi connectivity index (χ1) is 15.6. The Hall–Kier alpha value is -2.91. The Labute approximate surface area is 197 Å². The van der Waals surface area contributed by atoms with Gasteiger partial charge in [-0.05, 0) is 38.0 Å². The first-order valence-corrected chi connectivity index (χ1v) is 12.4. The van der Waals surface area contributed by atoms with Gasteiger partial charge >= 0.3 is 10.2 Å². The molecule has 0 bridgehead atoms. The number of para-hydroxylation sites is 1. The lowest BCUT2D eigenvalue weighted by Crippen LogP contribution is -2.53. The summed E-state index contributed by atoms with van der Waals surface area (Å²) in [6.45, 7) is 5.83. The van der Waals surface area contributed by atoms with Crippen molar-refractivity contribution >= 4 is 27.7 Å². The van der Waals surface area contributed by atoms with Gasteiger partial charge in [0.25, 0.3) is 0 Å². The van der Waals surface area contributed by atoms with Crippen LogP contribution in [0.5, 0.6) is 0 Å². The van der Waals surface area contributed by atoms with Crippen LogP contribution in [0.4, 0.5) is 5.69 Å². The van der Waals surface area contributed by atoms with Crippen molar-refractivity contribution in [3.8, 4) is 0 Å². The van der Waals surface area contributed by atoms with E-state index in [0.717, 1.165) is 19.7 Å². The van der Waals surface area contributed by atoms with Gasteiger partial charge in [-0.3, -0.25) is 9.59 Å². The summed E-state index contributed by atoms with van der Waals surface area (Å²) in [6.07, 6.45) is 0.398. The molecule has 0 aliphatic carbocycles. The summed E-state index contributed by atoms with van der Waals surface area (Å²) < 4.78 is 28.3. The average Bonchev–Trinajstić information content (AvgIpc) is 2.79. The van der Waals surface area contributed by atoms with E-state index >= 15 is 0 Å². The van der Waals surface area contributed by atoms with Crippen LogP contribution >= 0.6 is 0 Å². The molecule has 0 spiro atoms. The van der Waals surface area contributed by atoms with Gasteiger partial charge in [-0.1, -0.05) is 55.0 Å². The molecule has 0 aliphatic heterocycles. The van der Waals surface area contributed by atoms with Gasteiger partial charge in [0.1, 0.15) is 12.6 Å². The molecule has 1 atom stereocenters. The summed E-state index contributed by atoms with van der Waals surface area (Å²) in [5, 5.41) is 2.79. The quantitative estimate of drug-likeness (QED) is 0.542. The fraction of sp³-hybridized carbons (Fsp3) is 0.417. The molecular formula is C24H34N4O4S. The third kappa shape index (κ3) is 6.79. The van der Waals surface area contributed by atoms with Gasteiger partial charge in [-0.15, -0.1) is 0 Å². The Balaban J connectivity index is 2.45. The SMILES string of the molecule is CCNC(=O)C(CC)N(Cc1ccc(C)cc1)C(=O)CN(c1ccccc1)S(=O)(=O)N(C)C. The zero-order chi connectivity index (χ0) is 24.6. The highest BCUT2D eigenvalue weighted by Gasteiger charge is 2.33. The third-order valence-electron chi connectivity index (χ3n) is 5.27. The molecule has 1 N–H and O–H groups in total. The number of aryl methyl sites for hydroxylation is 1. The van der Waals surface area contributed by atoms with Crippen LogP contribution < -0.4 is 9.62 Å². The predicted molar refractivity (Wildman–Crippen MR) is 131 cm³/mol. The van der Waals surface area contributed by atoms with Gasteiger partial charge < -0.3 is 10.2 Å². The first kappa shape index (κ1) is 26.3. The maximum atomic E-state index is 13.6. The van der Waals surface area contributed by atoms with E-state index in [1.54, 1.807) is 30.3 Å². The van der Waals surface area contributed by atoms with Gasteiger partial charge in [-0.2, -0.15) is 12.7 Å². The zero-order valence-electron chi connectivity index (χ0n) is 20.0. The zero-order valence-corrected chi connectivity index (χ0v) is 20.8. The molecule has 0 radical (unpaired) electrons. The molecule has 2 rings (SSSR count). The number of carbonyl (C=O) groups is 2. The van der Waals surface area contributed by atoms with Gasteiger partial charge in [0.15, 0.2) is 0 Å². The molecule has 0 aromatic heterocycles. The summed E-state index contributed by atoms with van der Waals surface area (Å²) >= 11 is 0. The molecule has 0 heterocycles. The normalized spacial score (nSPS) is 12.3. The second-order valence-corrected chi connectivity index (χ2v) is 10.0. The van der Waals surface area contributed by atoms with E-state index in [4.69, 9.17) is 0 Å². The van der Waals surface area contributed by atoms with Crippen LogP contribution in [0, 0.1) is 6.92 Å². The smallest absolute Gasteiger partial charge is 0.304 e. The van der Waals surface area contributed by atoms with Crippen molar-refractivity contribution in [2.45, 2.75) is 39.8 Å². The lowest BCUT2D eigenvalue weighted by molar-refractivity contribution is -0.140. The van der Waals surface area contributed by atoms with Crippen LogP contribution in [0.2, 0.25) is 0 Å². The van der Waals surface area contributed by atoms with Crippen molar-refractivity contribution in [1.29, 1.82) is 0 Å². The molecule has 0 fully saturated rings. The Kier molecular flexibility index (Phi) is 9.43. The van der Waals surface area contributed by atoms with Crippen LogP contribution in [0.15, 0.2) is 54.6 Å². The Morgan fingerprint density at radius 3 is 2.09 bits per heavy atom. The number of benzene rings is 2. The minimum Gasteiger partial charge on any atom is -0.355 e. The lowest BCUT2D eigenvalue weighted by atomic mass is 10.1. The number of hydrogen-bond donors (Lipinski definition) is 1. The first-order valence-electron chi connectivity index (χ1n) is 11.0. The topological polar surface area (TPSA) is 90.0 Å². The lowest BCUT2D eigenvalue weighted by Gasteiger charge is -2.33. The molecule has 2 aromatic carbocycles. The molecule has 0 aliphatic rings. The number of amides is 2. The number of carbonyl (C=O) groups excluding carboxylic acids is 2. The second-order valence-electron chi connectivity index (χ2n) is 7.96. The van der Waals surface area contributed by atoms with E-state index in [-0.39, 0.29) is 12.5 Å². The van der Waals surface area contributed by atoms with E-state index in [1.807, 2.05) is 45.0 Å². The van der Waals surface area contributed by atoms with Crippen LogP contribution in [0.1, 0.15) is 31.4 Å². The summed E-state index contributed by atoms with van der Waals surface area (Å²) in [4.78, 5) is 27.8. The number of nitrogens with zero attached hydrogens (tertiary/aromatic N) is 3. The van der Waals surface area contributed by atoms with Crippen LogP contribution in [-0.2, 0) is 26.3 Å². The molecule has 180 valence electrons.